The van der Waals surface area contributed by atoms with E-state index in [0.717, 1.165) is 22.4 Å². The van der Waals surface area contributed by atoms with Gasteiger partial charge in [-0.05, 0) is 60.9 Å². The van der Waals surface area contributed by atoms with Crippen molar-refractivity contribution in [1.82, 2.24) is 14.9 Å². The van der Waals surface area contributed by atoms with E-state index >= 15 is 0 Å². The Kier molecular flexibility index (Phi) is 6.41. The summed E-state index contributed by atoms with van der Waals surface area (Å²) in [7, 11) is 0. The van der Waals surface area contributed by atoms with Crippen LogP contribution in [0.25, 0.3) is 0 Å². The van der Waals surface area contributed by atoms with Crippen LogP contribution in [0.3, 0.4) is 0 Å². The average Bonchev–Trinajstić information content (AvgIpc) is 3.28. The van der Waals surface area contributed by atoms with E-state index in [9.17, 15) is 9.18 Å². The van der Waals surface area contributed by atoms with E-state index in [4.69, 9.17) is 4.74 Å². The number of benzene rings is 3. The molecule has 0 unspecified atom stereocenters. The van der Waals surface area contributed by atoms with E-state index in [0.29, 0.717) is 16.7 Å². The van der Waals surface area contributed by atoms with Crippen molar-refractivity contribution in [2.45, 2.75) is 36.9 Å². The molecule has 1 aromatic heterocycles. The van der Waals surface area contributed by atoms with Crippen LogP contribution >= 0.6 is 11.8 Å². The smallest absolute Gasteiger partial charge is 0.240 e. The minimum Gasteiger partial charge on any atom is -0.486 e. The van der Waals surface area contributed by atoms with Gasteiger partial charge in [0.25, 0.3) is 0 Å². The van der Waals surface area contributed by atoms with Crippen molar-refractivity contribution in [3.05, 3.63) is 101 Å². The van der Waals surface area contributed by atoms with Crippen LogP contribution in [0.2, 0.25) is 0 Å². The molecule has 0 saturated carbocycles. The number of nitrogens with zero attached hydrogens (tertiary/aromatic N) is 3. The van der Waals surface area contributed by atoms with Crippen molar-refractivity contribution >= 4 is 23.4 Å². The molecule has 0 fully saturated rings. The van der Waals surface area contributed by atoms with E-state index in [1.807, 2.05) is 62.4 Å². The maximum absolute atomic E-state index is 13.6. The number of fused-ring (bicyclic) bond motifs is 1. The van der Waals surface area contributed by atoms with Crippen LogP contribution in [0.4, 0.5) is 10.1 Å². The molecule has 9 heteroatoms. The number of aromatic nitrogens is 3. The number of thioether (sulfide) groups is 1. The van der Waals surface area contributed by atoms with Crippen molar-refractivity contribution < 1.29 is 13.9 Å². The topological polar surface area (TPSA) is 81.1 Å². The second-order valence-corrected chi connectivity index (χ2v) is 9.38. The van der Waals surface area contributed by atoms with Gasteiger partial charge in [0.15, 0.2) is 5.82 Å². The highest BCUT2D eigenvalue weighted by atomic mass is 32.2. The van der Waals surface area contributed by atoms with Gasteiger partial charge in [-0.15, -0.1) is 10.2 Å². The molecule has 1 aliphatic rings. The number of carbonyl (C=O) groups is 1. The summed E-state index contributed by atoms with van der Waals surface area (Å²) in [6.07, 6.45) is 0. The first-order valence-corrected chi connectivity index (χ1v) is 12.1. The predicted molar refractivity (Wildman–Crippen MR) is 133 cm³/mol. The first-order valence-electron chi connectivity index (χ1n) is 11.2. The SMILES string of the molecule is Cc1cccc(NC(=O)[C@@H]2Sc3nnc(COc4ccccc4)n3N[C@H]2c2ccc(F)cc2)c1C. The van der Waals surface area contributed by atoms with E-state index in [2.05, 4.69) is 20.9 Å². The number of rotatable bonds is 6. The Hall–Kier alpha value is -3.85. The molecule has 2 atom stereocenters. The van der Waals surface area contributed by atoms with E-state index in [1.165, 1.54) is 23.9 Å². The minimum atomic E-state index is -0.569. The van der Waals surface area contributed by atoms with Crippen LogP contribution in [0.15, 0.2) is 78.0 Å². The number of halogens is 1. The number of hydrogen-bond acceptors (Lipinski definition) is 6. The number of para-hydroxylation sites is 1. The molecular formula is C26H24FN5O2S. The van der Waals surface area contributed by atoms with Gasteiger partial charge in [-0.1, -0.05) is 54.2 Å². The number of ether oxygens (including phenoxy) is 1. The van der Waals surface area contributed by atoms with Crippen molar-refractivity contribution in [3.63, 3.8) is 0 Å². The summed E-state index contributed by atoms with van der Waals surface area (Å²) in [4.78, 5) is 13.5. The van der Waals surface area contributed by atoms with Crippen LogP contribution in [0, 0.1) is 19.7 Å². The molecule has 0 aliphatic carbocycles. The summed E-state index contributed by atoms with van der Waals surface area (Å²) in [5, 5.41) is 11.6. The van der Waals surface area contributed by atoms with Gasteiger partial charge in [-0.2, -0.15) is 0 Å². The number of amides is 1. The number of carbonyl (C=O) groups excluding carboxylic acids is 1. The minimum absolute atomic E-state index is 0.179. The van der Waals surface area contributed by atoms with Crippen LogP contribution in [0.1, 0.15) is 28.6 Å². The molecule has 1 aliphatic heterocycles. The van der Waals surface area contributed by atoms with E-state index in [-0.39, 0.29) is 18.3 Å². The zero-order chi connectivity index (χ0) is 24.4. The number of hydrogen-bond donors (Lipinski definition) is 2. The molecular weight excluding hydrogens is 465 g/mol. The Morgan fingerprint density at radius 1 is 1.06 bits per heavy atom. The normalized spacial score (nSPS) is 16.8. The van der Waals surface area contributed by atoms with E-state index < -0.39 is 11.3 Å². The Bertz CT molecular complexity index is 1340. The first kappa shape index (κ1) is 22.9. The molecule has 0 bridgehead atoms. The monoisotopic (exact) mass is 489 g/mol. The summed E-state index contributed by atoms with van der Waals surface area (Å²) in [5.41, 5.74) is 7.01. The Labute approximate surface area is 206 Å². The van der Waals surface area contributed by atoms with Crippen LogP contribution in [-0.4, -0.2) is 26.0 Å². The molecule has 7 nitrogen and oxygen atoms in total. The predicted octanol–water partition coefficient (Wildman–Crippen LogP) is 5.01. The zero-order valence-corrected chi connectivity index (χ0v) is 20.1. The zero-order valence-electron chi connectivity index (χ0n) is 19.2. The lowest BCUT2D eigenvalue weighted by Crippen LogP contribution is -2.41. The lowest BCUT2D eigenvalue weighted by Gasteiger charge is -2.33. The average molecular weight is 490 g/mol. The molecule has 178 valence electrons. The fourth-order valence-electron chi connectivity index (χ4n) is 3.87. The molecule has 0 saturated heterocycles. The van der Waals surface area contributed by atoms with Gasteiger partial charge in [0.2, 0.25) is 11.1 Å². The highest BCUT2D eigenvalue weighted by Crippen LogP contribution is 2.38. The van der Waals surface area contributed by atoms with Crippen LogP contribution in [-0.2, 0) is 11.4 Å². The van der Waals surface area contributed by atoms with E-state index in [1.54, 1.807) is 16.8 Å². The molecule has 3 aromatic carbocycles. The third-order valence-electron chi connectivity index (χ3n) is 5.96. The lowest BCUT2D eigenvalue weighted by molar-refractivity contribution is -0.116. The second-order valence-electron chi connectivity index (χ2n) is 8.27. The van der Waals surface area contributed by atoms with Gasteiger partial charge in [-0.25, -0.2) is 9.07 Å². The van der Waals surface area contributed by atoms with Gasteiger partial charge in [0.1, 0.15) is 23.4 Å². The highest BCUT2D eigenvalue weighted by Gasteiger charge is 2.38. The Morgan fingerprint density at radius 3 is 2.60 bits per heavy atom. The molecule has 4 aromatic rings. The first-order chi connectivity index (χ1) is 17.0. The Balaban J connectivity index is 1.43. The largest absolute Gasteiger partial charge is 0.486 e. The molecule has 1 amide bonds. The van der Waals surface area contributed by atoms with Crippen molar-refractivity contribution in [2.75, 3.05) is 10.7 Å². The quantitative estimate of drug-likeness (QED) is 0.396. The van der Waals surface area contributed by atoms with Crippen LogP contribution in [0.5, 0.6) is 5.75 Å². The maximum atomic E-state index is 13.6. The fraction of sp³-hybridized carbons (Fsp3) is 0.192. The van der Waals surface area contributed by atoms with Crippen molar-refractivity contribution in [3.8, 4) is 5.75 Å². The molecule has 35 heavy (non-hydrogen) atoms. The fourth-order valence-corrected chi connectivity index (χ4v) is 4.97. The number of aryl methyl sites for hydroxylation is 1. The lowest BCUT2D eigenvalue weighted by atomic mass is 10.0. The third-order valence-corrected chi connectivity index (χ3v) is 7.18. The van der Waals surface area contributed by atoms with Gasteiger partial charge in [0.05, 0.1) is 6.04 Å². The molecule has 0 spiro atoms. The van der Waals surface area contributed by atoms with Gasteiger partial charge in [-0.3, -0.25) is 4.79 Å². The summed E-state index contributed by atoms with van der Waals surface area (Å²) < 4.78 is 21.2. The van der Waals surface area contributed by atoms with Gasteiger partial charge >= 0.3 is 0 Å². The summed E-state index contributed by atoms with van der Waals surface area (Å²) in [6, 6.07) is 20.9. The van der Waals surface area contributed by atoms with Crippen LogP contribution < -0.4 is 15.5 Å². The maximum Gasteiger partial charge on any atom is 0.240 e. The molecule has 2 N–H and O–H groups in total. The Morgan fingerprint density at radius 2 is 1.83 bits per heavy atom. The number of anilines is 1. The van der Waals surface area contributed by atoms with Crippen molar-refractivity contribution in [2.24, 2.45) is 0 Å². The summed E-state index contributed by atoms with van der Waals surface area (Å²) >= 11 is 1.31. The standard InChI is InChI=1S/C26H24FN5O2S/c1-16-7-6-10-21(17(16)2)28-25(33)24-23(18-11-13-19(27)14-12-18)31-32-22(29-30-26(32)35-24)15-34-20-8-4-3-5-9-20/h3-14,23-24,31H,15H2,1-2H3,(H,28,33)/t23-,24+/m0/s1. The second kappa shape index (κ2) is 9.79. The van der Waals surface area contributed by atoms with Crippen molar-refractivity contribution in [1.29, 1.82) is 0 Å². The summed E-state index contributed by atoms with van der Waals surface area (Å²) in [6.45, 7) is 4.18. The molecule has 5 rings (SSSR count). The summed E-state index contributed by atoms with van der Waals surface area (Å²) in [5.74, 6) is 0.767. The third kappa shape index (κ3) is 4.85. The molecule has 2 heterocycles. The number of nitrogens with one attached hydrogen (secondary N) is 2. The van der Waals surface area contributed by atoms with Gasteiger partial charge < -0.3 is 15.5 Å². The molecule has 0 radical (unpaired) electrons. The van der Waals surface area contributed by atoms with Gasteiger partial charge in [0, 0.05) is 5.69 Å². The highest BCUT2D eigenvalue weighted by molar-refractivity contribution is 8.00.